The number of ether oxygens (including phenoxy) is 1. The van der Waals surface area contributed by atoms with Crippen LogP contribution in [0.15, 0.2) is 48.5 Å². The standard InChI is InChI=1S/C19H22ClNO/c20-16-9-10-19(18(14-16)15-6-2-1-3-7-15)22-13-11-17-8-4-5-12-21-17/h1-3,6-7,9-10,14,17,21H,4-5,8,11-13H2. The van der Waals surface area contributed by atoms with Crippen LogP contribution in [0.2, 0.25) is 5.02 Å². The lowest BCUT2D eigenvalue weighted by molar-refractivity contribution is 0.269. The van der Waals surface area contributed by atoms with Crippen molar-refractivity contribution in [3.8, 4) is 16.9 Å². The van der Waals surface area contributed by atoms with Crippen molar-refractivity contribution < 1.29 is 4.74 Å². The SMILES string of the molecule is Clc1ccc(OCCC2CCCCN2)c(-c2ccccc2)c1. The van der Waals surface area contributed by atoms with Crippen molar-refractivity contribution in [2.24, 2.45) is 0 Å². The van der Waals surface area contributed by atoms with Gasteiger partial charge in [-0.2, -0.15) is 0 Å². The second-order valence-corrected chi connectivity index (χ2v) is 6.23. The van der Waals surface area contributed by atoms with Gasteiger partial charge in [0.05, 0.1) is 6.61 Å². The summed E-state index contributed by atoms with van der Waals surface area (Å²) in [5, 5.41) is 4.30. The molecule has 0 amide bonds. The highest BCUT2D eigenvalue weighted by Gasteiger charge is 2.13. The monoisotopic (exact) mass is 315 g/mol. The Bertz CT molecular complexity index is 594. The van der Waals surface area contributed by atoms with Gasteiger partial charge in [0.1, 0.15) is 5.75 Å². The predicted octanol–water partition coefficient (Wildman–Crippen LogP) is 4.92. The zero-order valence-corrected chi connectivity index (χ0v) is 13.5. The Labute approximate surface area is 137 Å². The lowest BCUT2D eigenvalue weighted by Gasteiger charge is -2.23. The number of hydrogen-bond donors (Lipinski definition) is 1. The fraction of sp³-hybridized carbons (Fsp3) is 0.368. The van der Waals surface area contributed by atoms with Crippen LogP contribution < -0.4 is 10.1 Å². The van der Waals surface area contributed by atoms with Crippen LogP contribution in [0.1, 0.15) is 25.7 Å². The molecular weight excluding hydrogens is 294 g/mol. The summed E-state index contributed by atoms with van der Waals surface area (Å²) in [7, 11) is 0. The van der Waals surface area contributed by atoms with E-state index in [1.54, 1.807) is 0 Å². The van der Waals surface area contributed by atoms with Gasteiger partial charge in [0.25, 0.3) is 0 Å². The predicted molar refractivity (Wildman–Crippen MR) is 92.6 cm³/mol. The molecule has 1 heterocycles. The van der Waals surface area contributed by atoms with E-state index < -0.39 is 0 Å². The number of nitrogens with one attached hydrogen (secondary N) is 1. The van der Waals surface area contributed by atoms with Crippen molar-refractivity contribution in [2.45, 2.75) is 31.7 Å². The van der Waals surface area contributed by atoms with E-state index in [-0.39, 0.29) is 0 Å². The van der Waals surface area contributed by atoms with E-state index in [1.807, 2.05) is 36.4 Å². The van der Waals surface area contributed by atoms with Gasteiger partial charge in [0, 0.05) is 16.6 Å². The minimum atomic E-state index is 0.598. The molecular formula is C19H22ClNO. The first-order valence-electron chi connectivity index (χ1n) is 8.04. The molecule has 1 atom stereocenters. The van der Waals surface area contributed by atoms with Crippen molar-refractivity contribution in [3.63, 3.8) is 0 Å². The van der Waals surface area contributed by atoms with Gasteiger partial charge in [-0.3, -0.25) is 0 Å². The smallest absolute Gasteiger partial charge is 0.127 e. The Hall–Kier alpha value is -1.51. The van der Waals surface area contributed by atoms with E-state index >= 15 is 0 Å². The van der Waals surface area contributed by atoms with Gasteiger partial charge < -0.3 is 10.1 Å². The molecule has 1 aliphatic rings. The van der Waals surface area contributed by atoms with E-state index in [2.05, 4.69) is 17.4 Å². The summed E-state index contributed by atoms with van der Waals surface area (Å²) in [6.45, 7) is 1.88. The molecule has 3 heteroatoms. The topological polar surface area (TPSA) is 21.3 Å². The maximum atomic E-state index is 6.16. The molecule has 1 aliphatic heterocycles. The highest BCUT2D eigenvalue weighted by Crippen LogP contribution is 2.32. The fourth-order valence-corrected chi connectivity index (χ4v) is 3.13. The van der Waals surface area contributed by atoms with Gasteiger partial charge in [-0.05, 0) is 49.6 Å². The first kappa shape index (κ1) is 15.4. The Morgan fingerprint density at radius 1 is 1.09 bits per heavy atom. The molecule has 1 saturated heterocycles. The molecule has 0 aromatic heterocycles. The lowest BCUT2D eigenvalue weighted by atomic mass is 10.0. The molecule has 2 nitrogen and oxygen atoms in total. The molecule has 0 saturated carbocycles. The third kappa shape index (κ3) is 4.02. The average molecular weight is 316 g/mol. The van der Waals surface area contributed by atoms with Gasteiger partial charge in [0.15, 0.2) is 0 Å². The minimum Gasteiger partial charge on any atom is -0.493 e. The van der Waals surface area contributed by atoms with Crippen LogP contribution in [0.25, 0.3) is 11.1 Å². The number of piperidine rings is 1. The number of benzene rings is 2. The summed E-state index contributed by atoms with van der Waals surface area (Å²) in [5.41, 5.74) is 2.19. The van der Waals surface area contributed by atoms with Crippen molar-refractivity contribution >= 4 is 11.6 Å². The molecule has 116 valence electrons. The molecule has 0 aliphatic carbocycles. The fourth-order valence-electron chi connectivity index (χ4n) is 2.95. The molecule has 22 heavy (non-hydrogen) atoms. The van der Waals surface area contributed by atoms with Crippen molar-refractivity contribution in [2.75, 3.05) is 13.2 Å². The highest BCUT2D eigenvalue weighted by atomic mass is 35.5. The molecule has 3 rings (SSSR count). The van der Waals surface area contributed by atoms with Gasteiger partial charge in [-0.25, -0.2) is 0 Å². The Balaban J connectivity index is 1.68. The number of hydrogen-bond acceptors (Lipinski definition) is 2. The van der Waals surface area contributed by atoms with Crippen LogP contribution in [0.5, 0.6) is 5.75 Å². The summed E-state index contributed by atoms with van der Waals surface area (Å²) in [6.07, 6.45) is 4.94. The van der Waals surface area contributed by atoms with Crippen molar-refractivity contribution in [3.05, 3.63) is 53.6 Å². The molecule has 0 radical (unpaired) electrons. The molecule has 2 aromatic carbocycles. The maximum absolute atomic E-state index is 6.16. The Kier molecular flexibility index (Phi) is 5.36. The number of halogens is 1. The quantitative estimate of drug-likeness (QED) is 0.845. The van der Waals surface area contributed by atoms with E-state index in [9.17, 15) is 0 Å². The third-order valence-corrected chi connectivity index (χ3v) is 4.40. The molecule has 1 N–H and O–H groups in total. The average Bonchev–Trinajstić information content (AvgIpc) is 2.58. The molecule has 2 aromatic rings. The summed E-state index contributed by atoms with van der Waals surface area (Å²) in [4.78, 5) is 0. The van der Waals surface area contributed by atoms with Gasteiger partial charge >= 0.3 is 0 Å². The minimum absolute atomic E-state index is 0.598. The first-order chi connectivity index (χ1) is 10.8. The van der Waals surface area contributed by atoms with Crippen LogP contribution in [0, 0.1) is 0 Å². The molecule has 0 spiro atoms. The summed E-state index contributed by atoms with van der Waals surface area (Å²) < 4.78 is 6.05. The van der Waals surface area contributed by atoms with Crippen LogP contribution in [-0.4, -0.2) is 19.2 Å². The molecule has 1 unspecified atom stereocenters. The van der Waals surface area contributed by atoms with Crippen LogP contribution in [0.4, 0.5) is 0 Å². The van der Waals surface area contributed by atoms with Gasteiger partial charge in [-0.1, -0.05) is 48.4 Å². The Morgan fingerprint density at radius 2 is 1.95 bits per heavy atom. The summed E-state index contributed by atoms with van der Waals surface area (Å²) >= 11 is 6.16. The van der Waals surface area contributed by atoms with Gasteiger partial charge in [-0.15, -0.1) is 0 Å². The lowest BCUT2D eigenvalue weighted by Crippen LogP contribution is -2.35. The number of rotatable bonds is 5. The van der Waals surface area contributed by atoms with Gasteiger partial charge in [0.2, 0.25) is 0 Å². The normalized spacial score (nSPS) is 18.1. The van der Waals surface area contributed by atoms with E-state index in [0.29, 0.717) is 6.04 Å². The largest absolute Gasteiger partial charge is 0.493 e. The second kappa shape index (κ2) is 7.66. The second-order valence-electron chi connectivity index (χ2n) is 5.79. The van der Waals surface area contributed by atoms with Crippen LogP contribution >= 0.6 is 11.6 Å². The first-order valence-corrected chi connectivity index (χ1v) is 8.42. The van der Waals surface area contributed by atoms with E-state index in [0.717, 1.165) is 41.5 Å². The third-order valence-electron chi connectivity index (χ3n) is 4.16. The highest BCUT2D eigenvalue weighted by molar-refractivity contribution is 6.31. The maximum Gasteiger partial charge on any atom is 0.127 e. The van der Waals surface area contributed by atoms with Crippen molar-refractivity contribution in [1.29, 1.82) is 0 Å². The Morgan fingerprint density at radius 3 is 2.73 bits per heavy atom. The van der Waals surface area contributed by atoms with Crippen LogP contribution in [0.3, 0.4) is 0 Å². The summed E-state index contributed by atoms with van der Waals surface area (Å²) in [6, 6.07) is 16.7. The van der Waals surface area contributed by atoms with Crippen molar-refractivity contribution in [1.82, 2.24) is 5.32 Å². The zero-order chi connectivity index (χ0) is 15.2. The van der Waals surface area contributed by atoms with E-state index in [4.69, 9.17) is 16.3 Å². The van der Waals surface area contributed by atoms with E-state index in [1.165, 1.54) is 19.3 Å². The molecule has 1 fully saturated rings. The zero-order valence-electron chi connectivity index (χ0n) is 12.7. The summed E-state index contributed by atoms with van der Waals surface area (Å²) in [5.74, 6) is 0.909. The molecule has 0 bridgehead atoms. The van der Waals surface area contributed by atoms with Crippen LogP contribution in [-0.2, 0) is 0 Å².